The Morgan fingerprint density at radius 2 is 1.56 bits per heavy atom. The van der Waals surface area contributed by atoms with E-state index in [0.717, 1.165) is 22.3 Å². The van der Waals surface area contributed by atoms with E-state index in [1.165, 1.54) is 0 Å². The number of amides is 2. The Hall–Kier alpha value is -3.39. The second-order valence-corrected chi connectivity index (χ2v) is 8.30. The minimum Gasteiger partial charge on any atom is -0.480 e. The number of hydrogen-bond acceptors (Lipinski definition) is 5. The molecule has 0 spiro atoms. The molecule has 0 aromatic heterocycles. The summed E-state index contributed by atoms with van der Waals surface area (Å²) in [7, 11) is 3.45. The molecule has 3 rings (SSSR count). The Morgan fingerprint density at radius 1 is 1.00 bits per heavy atom. The summed E-state index contributed by atoms with van der Waals surface area (Å²) >= 11 is 0. The number of carbonyl (C=O) groups excluding carboxylic acids is 2. The molecule has 0 heterocycles. The van der Waals surface area contributed by atoms with Gasteiger partial charge in [0.05, 0.1) is 0 Å². The maximum atomic E-state index is 12.3. The molecule has 2 atom stereocenters. The highest BCUT2D eigenvalue weighted by Crippen LogP contribution is 2.44. The fraction of sp³-hybridized carbons (Fsp3) is 0.375. The van der Waals surface area contributed by atoms with Crippen molar-refractivity contribution >= 4 is 18.0 Å². The fourth-order valence-electron chi connectivity index (χ4n) is 3.97. The summed E-state index contributed by atoms with van der Waals surface area (Å²) in [4.78, 5) is 37.5. The molecule has 2 amide bonds. The summed E-state index contributed by atoms with van der Waals surface area (Å²) in [5, 5.41) is 14.4. The van der Waals surface area contributed by atoms with Gasteiger partial charge in [-0.15, -0.1) is 0 Å². The molecule has 0 saturated heterocycles. The van der Waals surface area contributed by atoms with Crippen molar-refractivity contribution < 1.29 is 24.2 Å². The van der Waals surface area contributed by atoms with Gasteiger partial charge in [-0.3, -0.25) is 4.79 Å². The first-order valence-electron chi connectivity index (χ1n) is 10.5. The van der Waals surface area contributed by atoms with Crippen molar-refractivity contribution in [3.63, 3.8) is 0 Å². The van der Waals surface area contributed by atoms with E-state index in [4.69, 9.17) is 4.74 Å². The normalized spacial score (nSPS) is 14.2. The van der Waals surface area contributed by atoms with E-state index in [-0.39, 0.29) is 25.5 Å². The molecule has 1 aliphatic carbocycles. The highest BCUT2D eigenvalue weighted by atomic mass is 16.5. The second kappa shape index (κ2) is 10.3. The van der Waals surface area contributed by atoms with Crippen molar-refractivity contribution in [2.75, 3.05) is 27.2 Å². The fourth-order valence-corrected chi connectivity index (χ4v) is 3.97. The molecule has 170 valence electrons. The Labute approximate surface area is 187 Å². The van der Waals surface area contributed by atoms with Gasteiger partial charge < -0.3 is 25.4 Å². The van der Waals surface area contributed by atoms with Gasteiger partial charge in [0.15, 0.2) is 0 Å². The Balaban J connectivity index is 1.52. The monoisotopic (exact) mass is 439 g/mol. The van der Waals surface area contributed by atoms with Crippen molar-refractivity contribution in [3.8, 4) is 11.1 Å². The summed E-state index contributed by atoms with van der Waals surface area (Å²) in [6, 6.07) is 14.6. The number of carbonyl (C=O) groups is 3. The Bertz CT molecular complexity index is 946. The van der Waals surface area contributed by atoms with Crippen LogP contribution in [0.25, 0.3) is 11.1 Å². The zero-order valence-electron chi connectivity index (χ0n) is 18.5. The van der Waals surface area contributed by atoms with Gasteiger partial charge in [0.1, 0.15) is 12.6 Å². The average Bonchev–Trinajstić information content (AvgIpc) is 3.05. The third-order valence-electron chi connectivity index (χ3n) is 5.38. The topological polar surface area (TPSA) is 108 Å². The first kappa shape index (κ1) is 23.3. The highest BCUT2D eigenvalue weighted by Gasteiger charge is 2.29. The summed E-state index contributed by atoms with van der Waals surface area (Å²) in [5.41, 5.74) is 4.53. The molecular formula is C24H29N3O5. The van der Waals surface area contributed by atoms with Gasteiger partial charge in [0.25, 0.3) is 0 Å². The zero-order valence-corrected chi connectivity index (χ0v) is 18.5. The van der Waals surface area contributed by atoms with Crippen LogP contribution in [-0.4, -0.2) is 67.3 Å². The number of carboxylic acids is 1. The standard InChI is InChI=1S/C24H29N3O5/c1-15(12-22(28)26-21(23(29)30)13-27(2)3)25-24(31)32-14-20-18-10-6-4-8-16(18)17-9-5-7-11-19(17)20/h4-11,15,20-21H,12-14H2,1-3H3,(H,25,31)(H,26,28)(H,29,30)/t15?,21-/m0/s1. The lowest BCUT2D eigenvalue weighted by molar-refractivity contribution is -0.142. The van der Waals surface area contributed by atoms with E-state index in [9.17, 15) is 19.5 Å². The number of aliphatic carboxylic acids is 1. The van der Waals surface area contributed by atoms with Crippen LogP contribution in [0.5, 0.6) is 0 Å². The lowest BCUT2D eigenvalue weighted by Gasteiger charge is -2.20. The third kappa shape index (κ3) is 5.64. The molecule has 32 heavy (non-hydrogen) atoms. The maximum absolute atomic E-state index is 12.3. The van der Waals surface area contributed by atoms with Crippen LogP contribution in [0.15, 0.2) is 48.5 Å². The van der Waals surface area contributed by atoms with Crippen LogP contribution in [0, 0.1) is 0 Å². The predicted octanol–water partition coefficient (Wildman–Crippen LogP) is 2.43. The summed E-state index contributed by atoms with van der Waals surface area (Å²) in [6.07, 6.45) is -0.670. The second-order valence-electron chi connectivity index (χ2n) is 8.30. The Morgan fingerprint density at radius 3 is 2.09 bits per heavy atom. The van der Waals surface area contributed by atoms with Crippen LogP contribution in [0.4, 0.5) is 4.79 Å². The van der Waals surface area contributed by atoms with Crippen molar-refractivity contribution in [2.24, 2.45) is 0 Å². The number of nitrogens with zero attached hydrogens (tertiary/aromatic N) is 1. The molecule has 1 aliphatic rings. The average molecular weight is 440 g/mol. The van der Waals surface area contributed by atoms with Crippen molar-refractivity contribution in [1.82, 2.24) is 15.5 Å². The van der Waals surface area contributed by atoms with E-state index < -0.39 is 30.1 Å². The van der Waals surface area contributed by atoms with Crippen molar-refractivity contribution in [3.05, 3.63) is 59.7 Å². The molecule has 2 aromatic rings. The van der Waals surface area contributed by atoms with E-state index in [0.29, 0.717) is 0 Å². The van der Waals surface area contributed by atoms with E-state index in [1.54, 1.807) is 25.9 Å². The van der Waals surface area contributed by atoms with Crippen LogP contribution >= 0.6 is 0 Å². The van der Waals surface area contributed by atoms with Gasteiger partial charge in [-0.05, 0) is 43.3 Å². The van der Waals surface area contributed by atoms with Crippen molar-refractivity contribution in [1.29, 1.82) is 0 Å². The first-order valence-corrected chi connectivity index (χ1v) is 10.5. The van der Waals surface area contributed by atoms with Crippen LogP contribution in [0.2, 0.25) is 0 Å². The first-order chi connectivity index (χ1) is 15.3. The van der Waals surface area contributed by atoms with Gasteiger partial charge in [-0.2, -0.15) is 0 Å². The lowest BCUT2D eigenvalue weighted by atomic mass is 9.98. The van der Waals surface area contributed by atoms with E-state index >= 15 is 0 Å². The molecule has 0 bridgehead atoms. The minimum absolute atomic E-state index is 0.0471. The number of fused-ring (bicyclic) bond motifs is 3. The smallest absolute Gasteiger partial charge is 0.407 e. The van der Waals surface area contributed by atoms with Gasteiger partial charge in [0, 0.05) is 24.9 Å². The molecule has 0 fully saturated rings. The molecule has 8 heteroatoms. The largest absolute Gasteiger partial charge is 0.480 e. The molecule has 3 N–H and O–H groups in total. The number of nitrogens with one attached hydrogen (secondary N) is 2. The molecule has 0 saturated carbocycles. The number of benzene rings is 2. The van der Waals surface area contributed by atoms with Crippen LogP contribution in [-0.2, 0) is 14.3 Å². The number of hydrogen-bond donors (Lipinski definition) is 3. The number of rotatable bonds is 9. The van der Waals surface area contributed by atoms with Gasteiger partial charge in [-0.25, -0.2) is 9.59 Å². The van der Waals surface area contributed by atoms with Crippen LogP contribution < -0.4 is 10.6 Å². The molecular weight excluding hydrogens is 410 g/mol. The van der Waals surface area contributed by atoms with Gasteiger partial charge >= 0.3 is 12.1 Å². The lowest BCUT2D eigenvalue weighted by Crippen LogP contribution is -2.48. The SMILES string of the molecule is CC(CC(=O)N[C@@H](CN(C)C)C(=O)O)NC(=O)OCC1c2ccccc2-c2ccccc21. The number of ether oxygens (including phenoxy) is 1. The molecule has 2 aromatic carbocycles. The number of carboxylic acid groups (broad SMARTS) is 1. The van der Waals surface area contributed by atoms with Crippen molar-refractivity contribution in [2.45, 2.75) is 31.3 Å². The quantitative estimate of drug-likeness (QED) is 0.554. The highest BCUT2D eigenvalue weighted by molar-refractivity contribution is 5.84. The van der Waals surface area contributed by atoms with E-state index in [1.807, 2.05) is 36.4 Å². The molecule has 8 nitrogen and oxygen atoms in total. The maximum Gasteiger partial charge on any atom is 0.407 e. The minimum atomic E-state index is -1.11. The van der Waals surface area contributed by atoms with Crippen LogP contribution in [0.1, 0.15) is 30.4 Å². The molecule has 0 radical (unpaired) electrons. The van der Waals surface area contributed by atoms with Crippen LogP contribution in [0.3, 0.4) is 0 Å². The predicted molar refractivity (Wildman–Crippen MR) is 120 cm³/mol. The Kier molecular flexibility index (Phi) is 7.48. The summed E-state index contributed by atoms with van der Waals surface area (Å²) in [6.45, 7) is 2.03. The summed E-state index contributed by atoms with van der Waals surface area (Å²) in [5.74, 6) is -1.61. The number of likely N-dealkylation sites (N-methyl/N-ethyl adjacent to an activating group) is 1. The van der Waals surface area contributed by atoms with Gasteiger partial charge in [-0.1, -0.05) is 48.5 Å². The number of alkyl carbamates (subject to hydrolysis) is 1. The third-order valence-corrected chi connectivity index (χ3v) is 5.38. The zero-order chi connectivity index (χ0) is 23.3. The summed E-state index contributed by atoms with van der Waals surface area (Å²) < 4.78 is 5.48. The van der Waals surface area contributed by atoms with Gasteiger partial charge in [0.2, 0.25) is 5.91 Å². The molecule has 1 unspecified atom stereocenters. The molecule has 0 aliphatic heterocycles. The van der Waals surface area contributed by atoms with E-state index in [2.05, 4.69) is 22.8 Å².